The molecule has 0 aliphatic carbocycles. The highest BCUT2D eigenvalue weighted by Gasteiger charge is 2.13. The summed E-state index contributed by atoms with van der Waals surface area (Å²) in [7, 11) is 0. The molecule has 2 heterocycles. The first-order valence-electron chi connectivity index (χ1n) is 7.32. The van der Waals surface area contributed by atoms with Crippen molar-refractivity contribution in [1.82, 2.24) is 20.2 Å². The number of aryl methyl sites for hydroxylation is 1. The van der Waals surface area contributed by atoms with Gasteiger partial charge in [0.1, 0.15) is 16.7 Å². The summed E-state index contributed by atoms with van der Waals surface area (Å²) in [5.74, 6) is -0.778. The van der Waals surface area contributed by atoms with Crippen LogP contribution < -0.4 is 5.43 Å². The van der Waals surface area contributed by atoms with Crippen LogP contribution in [0.4, 0.5) is 4.39 Å². The molecule has 2 aromatic heterocycles. The van der Waals surface area contributed by atoms with E-state index in [0.29, 0.717) is 22.1 Å². The van der Waals surface area contributed by atoms with Crippen molar-refractivity contribution < 1.29 is 9.18 Å². The van der Waals surface area contributed by atoms with Gasteiger partial charge in [-0.25, -0.2) is 14.5 Å². The second-order valence-corrected chi connectivity index (χ2v) is 5.45. The smallest absolute Gasteiger partial charge is 0.266 e. The van der Waals surface area contributed by atoms with Crippen LogP contribution in [0.5, 0.6) is 0 Å². The number of hydrogen-bond donors (Lipinski definition) is 1. The first kappa shape index (κ1) is 16.8. The van der Waals surface area contributed by atoms with Crippen molar-refractivity contribution in [3.8, 4) is 5.69 Å². The van der Waals surface area contributed by atoms with E-state index in [1.807, 2.05) is 0 Å². The number of pyridine rings is 1. The van der Waals surface area contributed by atoms with Crippen LogP contribution in [0, 0.1) is 12.7 Å². The van der Waals surface area contributed by atoms with Crippen molar-refractivity contribution >= 4 is 23.7 Å². The van der Waals surface area contributed by atoms with Crippen molar-refractivity contribution in [2.24, 2.45) is 5.10 Å². The highest BCUT2D eigenvalue weighted by molar-refractivity contribution is 6.32. The third-order valence-corrected chi connectivity index (χ3v) is 3.74. The Morgan fingerprint density at radius 2 is 2.04 bits per heavy atom. The molecule has 0 spiro atoms. The molecule has 3 rings (SSSR count). The zero-order valence-corrected chi connectivity index (χ0v) is 13.9. The van der Waals surface area contributed by atoms with Crippen LogP contribution in [0.15, 0.2) is 53.8 Å². The Morgan fingerprint density at radius 3 is 2.72 bits per heavy atom. The predicted octanol–water partition coefficient (Wildman–Crippen LogP) is 3.13. The molecule has 0 fully saturated rings. The minimum atomic E-state index is -0.434. The summed E-state index contributed by atoms with van der Waals surface area (Å²) in [5.41, 5.74) is 4.42. The van der Waals surface area contributed by atoms with E-state index in [1.54, 1.807) is 37.3 Å². The summed E-state index contributed by atoms with van der Waals surface area (Å²) in [6, 6.07) is 10.8. The molecule has 0 bridgehead atoms. The van der Waals surface area contributed by atoms with E-state index in [-0.39, 0.29) is 11.5 Å². The van der Waals surface area contributed by atoms with Gasteiger partial charge in [0, 0.05) is 6.20 Å². The summed E-state index contributed by atoms with van der Waals surface area (Å²) in [4.78, 5) is 15.8. The lowest BCUT2D eigenvalue weighted by Gasteiger charge is -2.02. The molecule has 1 amide bonds. The van der Waals surface area contributed by atoms with Gasteiger partial charge in [-0.05, 0) is 43.3 Å². The van der Waals surface area contributed by atoms with Crippen molar-refractivity contribution in [1.29, 1.82) is 0 Å². The highest BCUT2D eigenvalue weighted by atomic mass is 35.5. The third-order valence-electron chi connectivity index (χ3n) is 3.38. The minimum Gasteiger partial charge on any atom is -0.266 e. The summed E-state index contributed by atoms with van der Waals surface area (Å²) >= 11 is 6.33. The second kappa shape index (κ2) is 7.23. The van der Waals surface area contributed by atoms with E-state index in [9.17, 15) is 9.18 Å². The molecular formula is C17H13ClFN5O. The normalized spacial score (nSPS) is 11.0. The number of halogens is 2. The van der Waals surface area contributed by atoms with Crippen molar-refractivity contribution in [3.05, 3.63) is 76.6 Å². The molecule has 6 nitrogen and oxygen atoms in total. The van der Waals surface area contributed by atoms with E-state index >= 15 is 0 Å². The van der Waals surface area contributed by atoms with Gasteiger partial charge >= 0.3 is 0 Å². The minimum absolute atomic E-state index is 0.254. The van der Waals surface area contributed by atoms with Crippen molar-refractivity contribution in [3.63, 3.8) is 0 Å². The van der Waals surface area contributed by atoms with Crippen LogP contribution in [-0.4, -0.2) is 26.9 Å². The molecule has 0 saturated carbocycles. The molecule has 0 unspecified atom stereocenters. The Labute approximate surface area is 148 Å². The maximum absolute atomic E-state index is 13.0. The van der Waals surface area contributed by atoms with Crippen LogP contribution in [0.25, 0.3) is 5.69 Å². The van der Waals surface area contributed by atoms with Gasteiger partial charge in [0.15, 0.2) is 0 Å². The summed E-state index contributed by atoms with van der Waals surface area (Å²) in [6.07, 6.45) is 2.93. The second-order valence-electron chi connectivity index (χ2n) is 5.09. The van der Waals surface area contributed by atoms with Crippen LogP contribution >= 0.6 is 11.6 Å². The first-order valence-corrected chi connectivity index (χ1v) is 7.69. The molecule has 0 aliphatic rings. The maximum atomic E-state index is 13.0. The molecular weight excluding hydrogens is 345 g/mol. The molecule has 0 aliphatic heterocycles. The van der Waals surface area contributed by atoms with Gasteiger partial charge < -0.3 is 0 Å². The molecule has 1 N–H and O–H groups in total. The van der Waals surface area contributed by atoms with Crippen LogP contribution in [0.2, 0.25) is 5.15 Å². The van der Waals surface area contributed by atoms with Crippen molar-refractivity contribution in [2.75, 3.05) is 0 Å². The topological polar surface area (TPSA) is 72.2 Å². The van der Waals surface area contributed by atoms with Gasteiger partial charge in [-0.2, -0.15) is 10.2 Å². The monoisotopic (exact) mass is 357 g/mol. The number of nitrogens with zero attached hydrogens (tertiary/aromatic N) is 4. The number of benzene rings is 1. The van der Waals surface area contributed by atoms with E-state index in [4.69, 9.17) is 11.6 Å². The summed E-state index contributed by atoms with van der Waals surface area (Å²) < 4.78 is 14.5. The lowest BCUT2D eigenvalue weighted by atomic mass is 10.3. The number of hydrogen-bond acceptors (Lipinski definition) is 4. The predicted molar refractivity (Wildman–Crippen MR) is 92.6 cm³/mol. The van der Waals surface area contributed by atoms with Crippen LogP contribution in [-0.2, 0) is 0 Å². The fraction of sp³-hybridized carbons (Fsp3) is 0.0588. The van der Waals surface area contributed by atoms with E-state index < -0.39 is 5.91 Å². The number of rotatable bonds is 4. The number of hydrazone groups is 1. The Balaban J connectivity index is 1.79. The number of carbonyl (C=O) groups excluding carboxylic acids is 1. The van der Waals surface area contributed by atoms with Gasteiger partial charge in [-0.3, -0.25) is 9.78 Å². The van der Waals surface area contributed by atoms with Gasteiger partial charge in [-0.1, -0.05) is 17.7 Å². The Bertz CT molecular complexity index is 922. The summed E-state index contributed by atoms with van der Waals surface area (Å²) in [5, 5.41) is 8.52. The molecule has 8 heteroatoms. The molecule has 1 aromatic carbocycles. The zero-order chi connectivity index (χ0) is 17.8. The van der Waals surface area contributed by atoms with Crippen molar-refractivity contribution in [2.45, 2.75) is 6.92 Å². The van der Waals surface area contributed by atoms with E-state index in [0.717, 1.165) is 0 Å². The third kappa shape index (κ3) is 3.72. The number of aromatic nitrogens is 3. The fourth-order valence-electron chi connectivity index (χ4n) is 2.12. The number of nitrogens with one attached hydrogen (secondary N) is 1. The SMILES string of the molecule is Cc1nn(-c2ccc(F)cc2)c(Cl)c1/C=N\NC(=O)c1ccccn1. The molecule has 25 heavy (non-hydrogen) atoms. The molecule has 126 valence electrons. The van der Waals surface area contributed by atoms with Crippen LogP contribution in [0.3, 0.4) is 0 Å². The lowest BCUT2D eigenvalue weighted by molar-refractivity contribution is 0.0950. The van der Waals surface area contributed by atoms with Crippen LogP contribution in [0.1, 0.15) is 21.7 Å². The lowest BCUT2D eigenvalue weighted by Crippen LogP contribution is -2.18. The van der Waals surface area contributed by atoms with Gasteiger partial charge in [0.25, 0.3) is 5.91 Å². The van der Waals surface area contributed by atoms with Gasteiger partial charge in [0.2, 0.25) is 0 Å². The average Bonchev–Trinajstić information content (AvgIpc) is 2.91. The maximum Gasteiger partial charge on any atom is 0.289 e. The highest BCUT2D eigenvalue weighted by Crippen LogP contribution is 2.22. The zero-order valence-electron chi connectivity index (χ0n) is 13.1. The molecule has 3 aromatic rings. The Morgan fingerprint density at radius 1 is 1.28 bits per heavy atom. The number of amides is 1. The molecule has 0 saturated heterocycles. The number of carbonyl (C=O) groups is 1. The first-order chi connectivity index (χ1) is 12.1. The Kier molecular flexibility index (Phi) is 4.85. The standard InChI is InChI=1S/C17H13ClFN5O/c1-11-14(10-21-22-17(25)15-4-2-3-9-20-15)16(18)24(23-11)13-7-5-12(19)6-8-13/h2-10H,1H3,(H,22,25)/b21-10-. The quantitative estimate of drug-likeness (QED) is 0.576. The summed E-state index contributed by atoms with van der Waals surface area (Å²) in [6.45, 7) is 1.76. The largest absolute Gasteiger partial charge is 0.289 e. The molecule has 0 radical (unpaired) electrons. The molecule has 0 atom stereocenters. The fourth-order valence-corrected chi connectivity index (χ4v) is 2.44. The Hall–Kier alpha value is -3.06. The van der Waals surface area contributed by atoms with Gasteiger partial charge in [0.05, 0.1) is 23.2 Å². The van der Waals surface area contributed by atoms with Gasteiger partial charge in [-0.15, -0.1) is 0 Å². The average molecular weight is 358 g/mol. The van der Waals surface area contributed by atoms with E-state index in [1.165, 1.54) is 29.2 Å². The van der Waals surface area contributed by atoms with E-state index in [2.05, 4.69) is 20.6 Å².